The van der Waals surface area contributed by atoms with Crippen LogP contribution in [0.3, 0.4) is 0 Å². The minimum atomic E-state index is -0.208. The molecule has 23 heavy (non-hydrogen) atoms. The number of amides is 1. The zero-order chi connectivity index (χ0) is 16.8. The molecule has 2 rings (SSSR count). The summed E-state index contributed by atoms with van der Waals surface area (Å²) in [5.74, 6) is -0.208. The summed E-state index contributed by atoms with van der Waals surface area (Å²) in [4.78, 5) is 24.2. The van der Waals surface area contributed by atoms with E-state index in [1.165, 1.54) is 16.7 Å². The van der Waals surface area contributed by atoms with E-state index in [-0.39, 0.29) is 17.5 Å². The van der Waals surface area contributed by atoms with Crippen LogP contribution in [-0.2, 0) is 6.54 Å². The molecule has 0 bridgehead atoms. The van der Waals surface area contributed by atoms with E-state index in [0.717, 1.165) is 5.56 Å². The lowest BCUT2D eigenvalue weighted by Gasteiger charge is -2.13. The highest BCUT2D eigenvalue weighted by Gasteiger charge is 2.09. The van der Waals surface area contributed by atoms with Crippen LogP contribution in [0.4, 0.5) is 0 Å². The number of pyridine rings is 1. The molecule has 2 N–H and O–H groups in total. The van der Waals surface area contributed by atoms with Gasteiger partial charge in [0.2, 0.25) is 0 Å². The van der Waals surface area contributed by atoms with Gasteiger partial charge in [-0.3, -0.25) is 9.59 Å². The van der Waals surface area contributed by atoms with Crippen LogP contribution in [-0.4, -0.2) is 30.1 Å². The van der Waals surface area contributed by atoms with Crippen molar-refractivity contribution in [3.05, 3.63) is 69.1 Å². The molecule has 122 valence electrons. The number of likely N-dealkylation sites (N-methyl/N-ethyl adjacent to an activating group) is 1. The molecule has 1 aromatic carbocycles. The molecule has 1 amide bonds. The van der Waals surface area contributed by atoms with E-state index in [2.05, 4.69) is 10.6 Å². The van der Waals surface area contributed by atoms with Crippen molar-refractivity contribution in [2.24, 2.45) is 0 Å². The lowest BCUT2D eigenvalue weighted by atomic mass is 10.2. The number of rotatable bonds is 6. The predicted octanol–water partition coefficient (Wildman–Crippen LogP) is 1.89. The Bertz CT molecular complexity index is 743. The first kappa shape index (κ1) is 17.2. The maximum atomic E-state index is 12.2. The average molecular weight is 334 g/mol. The summed E-state index contributed by atoms with van der Waals surface area (Å²) >= 11 is 6.13. The second-order valence-electron chi connectivity index (χ2n) is 5.38. The van der Waals surface area contributed by atoms with E-state index in [1.807, 2.05) is 32.2 Å². The summed E-state index contributed by atoms with van der Waals surface area (Å²) in [5, 5.41) is 6.47. The summed E-state index contributed by atoms with van der Waals surface area (Å²) in [6, 6.07) is 10.4. The van der Waals surface area contributed by atoms with E-state index in [0.29, 0.717) is 23.7 Å². The summed E-state index contributed by atoms with van der Waals surface area (Å²) in [7, 11) is 1.83. The first-order valence-corrected chi connectivity index (χ1v) is 7.78. The first-order chi connectivity index (χ1) is 11.0. The van der Waals surface area contributed by atoms with E-state index in [4.69, 9.17) is 11.6 Å². The molecule has 0 saturated carbocycles. The molecule has 1 atom stereocenters. The molecule has 0 aliphatic carbocycles. The minimum Gasteiger partial charge on any atom is -0.350 e. The fourth-order valence-electron chi connectivity index (χ4n) is 2.05. The largest absolute Gasteiger partial charge is 0.350 e. The van der Waals surface area contributed by atoms with Gasteiger partial charge >= 0.3 is 0 Å². The number of halogens is 1. The number of benzene rings is 1. The quantitative estimate of drug-likeness (QED) is 0.848. The molecule has 1 unspecified atom stereocenters. The van der Waals surface area contributed by atoms with Crippen molar-refractivity contribution in [3.63, 3.8) is 0 Å². The Hall–Kier alpha value is -2.11. The average Bonchev–Trinajstić information content (AvgIpc) is 2.56. The normalized spacial score (nSPS) is 12.0. The second kappa shape index (κ2) is 7.94. The summed E-state index contributed by atoms with van der Waals surface area (Å²) in [6.45, 7) is 2.81. The Labute approximate surface area is 140 Å². The molecule has 0 fully saturated rings. The molecule has 0 radical (unpaired) electrons. The first-order valence-electron chi connectivity index (χ1n) is 7.40. The van der Waals surface area contributed by atoms with Crippen LogP contribution in [0, 0.1) is 0 Å². The molecule has 6 heteroatoms. The van der Waals surface area contributed by atoms with E-state index < -0.39 is 0 Å². The van der Waals surface area contributed by atoms with Crippen LogP contribution in [0.2, 0.25) is 5.02 Å². The minimum absolute atomic E-state index is 0.174. The SMILES string of the molecule is CNC(C)CNC(=O)c1ccc(=O)n(Cc2ccccc2Cl)c1. The second-order valence-corrected chi connectivity index (χ2v) is 5.78. The number of nitrogens with one attached hydrogen (secondary N) is 2. The van der Waals surface area contributed by atoms with Gasteiger partial charge in [-0.05, 0) is 31.7 Å². The summed E-state index contributed by atoms with van der Waals surface area (Å²) in [6.07, 6.45) is 1.56. The fourth-order valence-corrected chi connectivity index (χ4v) is 2.24. The van der Waals surface area contributed by atoms with Gasteiger partial charge in [0.05, 0.1) is 12.1 Å². The molecular formula is C17H20ClN3O2. The van der Waals surface area contributed by atoms with E-state index in [1.54, 1.807) is 12.3 Å². The van der Waals surface area contributed by atoms with Crippen LogP contribution < -0.4 is 16.2 Å². The zero-order valence-electron chi connectivity index (χ0n) is 13.2. The molecule has 0 spiro atoms. The lowest BCUT2D eigenvalue weighted by Crippen LogP contribution is -2.37. The fraction of sp³-hybridized carbons (Fsp3) is 0.294. The summed E-state index contributed by atoms with van der Waals surface area (Å²) < 4.78 is 1.48. The molecule has 2 aromatic rings. The number of nitrogens with zero attached hydrogens (tertiary/aromatic N) is 1. The van der Waals surface area contributed by atoms with Crippen LogP contribution in [0.5, 0.6) is 0 Å². The summed E-state index contributed by atoms with van der Waals surface area (Å²) in [5.41, 5.74) is 1.10. The molecule has 1 heterocycles. The topological polar surface area (TPSA) is 63.1 Å². The highest BCUT2D eigenvalue weighted by molar-refractivity contribution is 6.31. The molecule has 5 nitrogen and oxygen atoms in total. The number of aromatic nitrogens is 1. The van der Waals surface area contributed by atoms with Crippen molar-refractivity contribution in [3.8, 4) is 0 Å². The van der Waals surface area contributed by atoms with Crippen molar-refractivity contribution >= 4 is 17.5 Å². The molecule has 0 aliphatic rings. The van der Waals surface area contributed by atoms with Gasteiger partial charge in [0.1, 0.15) is 0 Å². The predicted molar refractivity (Wildman–Crippen MR) is 92.1 cm³/mol. The highest BCUT2D eigenvalue weighted by Crippen LogP contribution is 2.15. The van der Waals surface area contributed by atoms with E-state index >= 15 is 0 Å². The van der Waals surface area contributed by atoms with Crippen molar-refractivity contribution in [1.82, 2.24) is 15.2 Å². The van der Waals surface area contributed by atoms with Gasteiger partial charge in [-0.15, -0.1) is 0 Å². The number of carbonyl (C=O) groups is 1. The van der Waals surface area contributed by atoms with Crippen LogP contribution in [0.1, 0.15) is 22.8 Å². The van der Waals surface area contributed by atoms with Gasteiger partial charge < -0.3 is 15.2 Å². The standard InChI is InChI=1S/C17H20ClN3O2/c1-12(19-2)9-20-17(23)14-7-8-16(22)21(11-14)10-13-5-3-4-6-15(13)18/h3-8,11-12,19H,9-10H2,1-2H3,(H,20,23). The maximum absolute atomic E-state index is 12.2. The highest BCUT2D eigenvalue weighted by atomic mass is 35.5. The van der Waals surface area contributed by atoms with Crippen molar-refractivity contribution < 1.29 is 4.79 Å². The number of hydrogen-bond acceptors (Lipinski definition) is 3. The van der Waals surface area contributed by atoms with Gasteiger partial charge in [0.25, 0.3) is 11.5 Å². The van der Waals surface area contributed by atoms with Gasteiger partial charge in [0.15, 0.2) is 0 Å². The number of hydrogen-bond donors (Lipinski definition) is 2. The van der Waals surface area contributed by atoms with Gasteiger partial charge in [-0.2, -0.15) is 0 Å². The van der Waals surface area contributed by atoms with Crippen molar-refractivity contribution in [1.29, 1.82) is 0 Å². The van der Waals surface area contributed by atoms with E-state index in [9.17, 15) is 9.59 Å². The third-order valence-electron chi connectivity index (χ3n) is 3.61. The Morgan fingerprint density at radius 1 is 1.26 bits per heavy atom. The lowest BCUT2D eigenvalue weighted by molar-refractivity contribution is 0.0949. The third kappa shape index (κ3) is 4.68. The number of carbonyl (C=O) groups excluding carboxylic acids is 1. The van der Waals surface area contributed by atoms with Crippen LogP contribution in [0.15, 0.2) is 47.4 Å². The Balaban J connectivity index is 2.17. The van der Waals surface area contributed by atoms with Gasteiger partial charge in [0, 0.05) is 29.9 Å². The van der Waals surface area contributed by atoms with Crippen LogP contribution >= 0.6 is 11.6 Å². The molecule has 1 aromatic heterocycles. The molecular weight excluding hydrogens is 314 g/mol. The zero-order valence-corrected chi connectivity index (χ0v) is 13.9. The van der Waals surface area contributed by atoms with Gasteiger partial charge in [-0.25, -0.2) is 0 Å². The maximum Gasteiger partial charge on any atom is 0.252 e. The Morgan fingerprint density at radius 2 is 2.00 bits per heavy atom. The van der Waals surface area contributed by atoms with Gasteiger partial charge in [-0.1, -0.05) is 29.8 Å². The smallest absolute Gasteiger partial charge is 0.252 e. The van der Waals surface area contributed by atoms with Crippen molar-refractivity contribution in [2.45, 2.75) is 19.5 Å². The van der Waals surface area contributed by atoms with Crippen molar-refractivity contribution in [2.75, 3.05) is 13.6 Å². The van der Waals surface area contributed by atoms with Crippen LogP contribution in [0.25, 0.3) is 0 Å². The monoisotopic (exact) mass is 333 g/mol. The molecule has 0 saturated heterocycles. The Kier molecular flexibility index (Phi) is 5.96. The third-order valence-corrected chi connectivity index (χ3v) is 3.97. The molecule has 0 aliphatic heterocycles. The Morgan fingerprint density at radius 3 is 2.70 bits per heavy atom.